The van der Waals surface area contributed by atoms with E-state index < -0.39 is 14.6 Å². The van der Waals surface area contributed by atoms with Crippen molar-refractivity contribution in [1.82, 2.24) is 0 Å². The number of hydrogen-bond donors (Lipinski definition) is 0. The Labute approximate surface area is 106 Å². The van der Waals surface area contributed by atoms with E-state index in [2.05, 4.69) is 4.99 Å². The van der Waals surface area contributed by atoms with Crippen molar-refractivity contribution in [1.29, 1.82) is 0 Å². The molecular weight excluding hydrogens is 254 g/mol. The highest BCUT2D eigenvalue weighted by atomic mass is 32.2. The highest BCUT2D eigenvalue weighted by Gasteiger charge is 2.32. The second-order valence-electron chi connectivity index (χ2n) is 4.86. The Kier molecular flexibility index (Phi) is 2.99. The summed E-state index contributed by atoms with van der Waals surface area (Å²) in [7, 11) is -3.25. The zero-order valence-corrected chi connectivity index (χ0v) is 11.7. The molecule has 92 valence electrons. The van der Waals surface area contributed by atoms with Crippen LogP contribution in [-0.2, 0) is 9.84 Å². The summed E-state index contributed by atoms with van der Waals surface area (Å²) in [6.45, 7) is 5.84. The minimum absolute atomic E-state index is 0.419. The van der Waals surface area contributed by atoms with Crippen LogP contribution in [0.15, 0.2) is 33.5 Å². The summed E-state index contributed by atoms with van der Waals surface area (Å²) in [4.78, 5) is 5.20. The standard InChI is InChI=1S/C12H15NO2S2/c1-12(2,3)17(14,15)11-7-6-10(16-11)9-5-4-8-13-9/h4-7H,8H2,1-3H3. The van der Waals surface area contributed by atoms with Crippen molar-refractivity contribution in [3.05, 3.63) is 29.2 Å². The molecule has 1 aromatic heterocycles. The largest absolute Gasteiger partial charge is 0.280 e. The van der Waals surface area contributed by atoms with Crippen LogP contribution < -0.4 is 0 Å². The molecule has 17 heavy (non-hydrogen) atoms. The SMILES string of the molecule is CC(C)(C)S(=O)(=O)c1ccc(C2=NCC=C2)s1. The van der Waals surface area contributed by atoms with Gasteiger partial charge in [-0.25, -0.2) is 8.42 Å². The van der Waals surface area contributed by atoms with E-state index in [-0.39, 0.29) is 0 Å². The molecule has 1 aromatic rings. The number of allylic oxidation sites excluding steroid dienone is 1. The van der Waals surface area contributed by atoms with Gasteiger partial charge < -0.3 is 0 Å². The fourth-order valence-corrected chi connectivity index (χ4v) is 4.47. The second kappa shape index (κ2) is 4.07. The zero-order chi connectivity index (χ0) is 12.7. The number of rotatable bonds is 2. The van der Waals surface area contributed by atoms with Gasteiger partial charge in [0.1, 0.15) is 4.21 Å². The number of nitrogens with zero attached hydrogens (tertiary/aromatic N) is 1. The average molecular weight is 269 g/mol. The molecule has 3 nitrogen and oxygen atoms in total. The Hall–Kier alpha value is -0.940. The molecule has 0 unspecified atom stereocenters. The van der Waals surface area contributed by atoms with Crippen molar-refractivity contribution in [2.45, 2.75) is 29.7 Å². The summed E-state index contributed by atoms with van der Waals surface area (Å²) in [5.74, 6) is 0. The Morgan fingerprint density at radius 3 is 2.53 bits per heavy atom. The summed E-state index contributed by atoms with van der Waals surface area (Å²) < 4.78 is 24.1. The monoisotopic (exact) mass is 269 g/mol. The molecule has 0 aromatic carbocycles. The molecule has 0 spiro atoms. The lowest BCUT2D eigenvalue weighted by molar-refractivity contribution is 0.562. The first-order valence-corrected chi connectivity index (χ1v) is 7.68. The van der Waals surface area contributed by atoms with Crippen molar-refractivity contribution in [2.75, 3.05) is 6.54 Å². The number of hydrogen-bond acceptors (Lipinski definition) is 4. The van der Waals surface area contributed by atoms with Crippen LogP contribution in [-0.4, -0.2) is 25.4 Å². The third-order valence-corrected chi connectivity index (χ3v) is 6.64. The van der Waals surface area contributed by atoms with Crippen LogP contribution in [0.25, 0.3) is 0 Å². The van der Waals surface area contributed by atoms with Gasteiger partial charge in [-0.3, -0.25) is 4.99 Å². The molecule has 0 N–H and O–H groups in total. The lowest BCUT2D eigenvalue weighted by atomic mass is 10.3. The first-order valence-electron chi connectivity index (χ1n) is 5.38. The second-order valence-corrected chi connectivity index (χ2v) is 8.88. The van der Waals surface area contributed by atoms with Crippen molar-refractivity contribution >= 4 is 26.9 Å². The molecule has 2 heterocycles. The fraction of sp³-hybridized carbons (Fsp3) is 0.417. The van der Waals surface area contributed by atoms with Crippen molar-refractivity contribution < 1.29 is 8.42 Å². The van der Waals surface area contributed by atoms with Crippen LogP contribution in [0.1, 0.15) is 25.6 Å². The lowest BCUT2D eigenvalue weighted by Crippen LogP contribution is -2.27. The third-order valence-electron chi connectivity index (χ3n) is 2.55. The fourth-order valence-electron chi connectivity index (χ4n) is 1.43. The van der Waals surface area contributed by atoms with Gasteiger partial charge in [-0.2, -0.15) is 0 Å². The van der Waals surface area contributed by atoms with Gasteiger partial charge in [0.05, 0.1) is 21.9 Å². The Balaban J connectivity index is 2.40. The maximum Gasteiger partial charge on any atom is 0.192 e. The molecular formula is C12H15NO2S2. The average Bonchev–Trinajstić information content (AvgIpc) is 2.87. The minimum Gasteiger partial charge on any atom is -0.280 e. The maximum atomic E-state index is 12.2. The maximum absolute atomic E-state index is 12.2. The van der Waals surface area contributed by atoms with Gasteiger partial charge in [-0.05, 0) is 39.0 Å². The Bertz CT molecular complexity index is 586. The van der Waals surface area contributed by atoms with Gasteiger partial charge >= 0.3 is 0 Å². The summed E-state index contributed by atoms with van der Waals surface area (Å²) >= 11 is 1.29. The predicted octanol–water partition coefficient (Wildman–Crippen LogP) is 2.68. The normalized spacial score (nSPS) is 16.3. The molecule has 0 saturated carbocycles. The van der Waals surface area contributed by atoms with Gasteiger partial charge in [0, 0.05) is 0 Å². The van der Waals surface area contributed by atoms with E-state index in [4.69, 9.17) is 0 Å². The van der Waals surface area contributed by atoms with Gasteiger partial charge in [-0.1, -0.05) is 6.08 Å². The van der Waals surface area contributed by atoms with E-state index in [1.165, 1.54) is 11.3 Å². The molecule has 0 amide bonds. The van der Waals surface area contributed by atoms with Gasteiger partial charge in [0.2, 0.25) is 0 Å². The van der Waals surface area contributed by atoms with E-state index >= 15 is 0 Å². The van der Waals surface area contributed by atoms with Gasteiger partial charge in [0.25, 0.3) is 0 Å². The van der Waals surface area contributed by atoms with Crippen LogP contribution in [0.5, 0.6) is 0 Å². The van der Waals surface area contributed by atoms with Crippen LogP contribution in [0, 0.1) is 0 Å². The molecule has 0 atom stereocenters. The summed E-state index contributed by atoms with van der Waals surface area (Å²) in [6, 6.07) is 3.51. The van der Waals surface area contributed by atoms with Crippen molar-refractivity contribution in [2.24, 2.45) is 4.99 Å². The summed E-state index contributed by atoms with van der Waals surface area (Å²) in [5.41, 5.74) is 0.880. The van der Waals surface area contributed by atoms with Crippen LogP contribution in [0.4, 0.5) is 0 Å². The van der Waals surface area contributed by atoms with Gasteiger partial charge in [-0.15, -0.1) is 11.3 Å². The smallest absolute Gasteiger partial charge is 0.192 e. The number of thiophene rings is 1. The number of sulfone groups is 1. The van der Waals surface area contributed by atoms with Crippen LogP contribution in [0.3, 0.4) is 0 Å². The van der Waals surface area contributed by atoms with E-state index in [1.54, 1.807) is 26.8 Å². The predicted molar refractivity (Wildman–Crippen MR) is 71.8 cm³/mol. The zero-order valence-electron chi connectivity index (χ0n) is 10.1. The first-order chi connectivity index (χ1) is 7.82. The quantitative estimate of drug-likeness (QED) is 0.828. The van der Waals surface area contributed by atoms with Gasteiger partial charge in [0.15, 0.2) is 9.84 Å². The van der Waals surface area contributed by atoms with Crippen molar-refractivity contribution in [3.8, 4) is 0 Å². The van der Waals surface area contributed by atoms with E-state index in [0.717, 1.165) is 10.6 Å². The molecule has 5 heteroatoms. The molecule has 0 fully saturated rings. The van der Waals surface area contributed by atoms with E-state index in [1.807, 2.05) is 18.2 Å². The summed E-state index contributed by atoms with van der Waals surface area (Å²) in [6.07, 6.45) is 3.90. The third kappa shape index (κ3) is 2.21. The molecule has 0 aliphatic carbocycles. The highest BCUT2D eigenvalue weighted by molar-refractivity contribution is 7.94. The van der Waals surface area contributed by atoms with Crippen LogP contribution in [0.2, 0.25) is 0 Å². The molecule has 0 radical (unpaired) electrons. The van der Waals surface area contributed by atoms with E-state index in [9.17, 15) is 8.42 Å². The first kappa shape index (κ1) is 12.5. The topological polar surface area (TPSA) is 46.5 Å². The molecule has 0 saturated heterocycles. The van der Waals surface area contributed by atoms with Crippen molar-refractivity contribution in [3.63, 3.8) is 0 Å². The highest BCUT2D eigenvalue weighted by Crippen LogP contribution is 2.31. The Morgan fingerprint density at radius 2 is 2.00 bits per heavy atom. The molecule has 1 aliphatic heterocycles. The molecule has 0 bridgehead atoms. The Morgan fingerprint density at radius 1 is 1.29 bits per heavy atom. The lowest BCUT2D eigenvalue weighted by Gasteiger charge is -2.17. The van der Waals surface area contributed by atoms with Crippen LogP contribution >= 0.6 is 11.3 Å². The minimum atomic E-state index is -3.25. The summed E-state index contributed by atoms with van der Waals surface area (Å²) in [5, 5.41) is 0. The van der Waals surface area contributed by atoms with E-state index in [0.29, 0.717) is 10.8 Å². The number of aliphatic imine (C=N–C) groups is 1. The molecule has 1 aliphatic rings. The molecule has 2 rings (SSSR count).